The van der Waals surface area contributed by atoms with Gasteiger partial charge in [-0.3, -0.25) is 24.7 Å². The summed E-state index contributed by atoms with van der Waals surface area (Å²) in [5.74, 6) is 2.33. The number of fused-ring (bicyclic) bond motifs is 4. The number of carbonyl (C=O) groups excluding carboxylic acids is 1. The topological polar surface area (TPSA) is 246 Å². The molecule has 7 aromatic rings. The second kappa shape index (κ2) is 24.5. The minimum atomic E-state index is -4.66. The SMILES string of the molecule is Cc1cc2cc(CN3CCN(C4CC5(CCN(c6ccc(C(=O)NS(=O)(=O)c7ccc(NC[C@H]8CC[C@](C)(O)CC8)c([N+](=O)[O-])c7)c(N7c8cc9cc[nH]c9nc8O[C@H]8COCC[C@@H]87)c6)CC5)C4)[C@@H](c4ccccc4OC(C)C)C3)nc(N3CCOC[C@H]3C)c2o1. The summed E-state index contributed by atoms with van der Waals surface area (Å²) >= 11 is 0. The lowest BCUT2D eigenvalue weighted by atomic mass is 9.59. The number of anilines is 5. The van der Waals surface area contributed by atoms with Crippen molar-refractivity contribution in [2.75, 3.05) is 92.3 Å². The van der Waals surface area contributed by atoms with Crippen molar-refractivity contribution in [2.45, 2.75) is 146 Å². The number of piperidine rings is 1. The zero-order valence-corrected chi connectivity index (χ0v) is 53.4. The van der Waals surface area contributed by atoms with Crippen LogP contribution < -0.4 is 34.2 Å². The van der Waals surface area contributed by atoms with Gasteiger partial charge >= 0.3 is 0 Å². The van der Waals surface area contributed by atoms with E-state index in [4.69, 9.17) is 33.3 Å². The number of H-pyrrole nitrogens is 1. The number of hydrogen-bond acceptors (Lipinski definition) is 19. The number of carbonyl (C=O) groups is 1. The van der Waals surface area contributed by atoms with Crippen LogP contribution in [-0.4, -0.2) is 157 Å². The van der Waals surface area contributed by atoms with Crippen LogP contribution in [0.25, 0.3) is 22.0 Å². The summed E-state index contributed by atoms with van der Waals surface area (Å²) in [6.07, 6.45) is 8.78. The number of hydrogen-bond donors (Lipinski definition) is 4. The van der Waals surface area contributed by atoms with Crippen LogP contribution in [0, 0.1) is 28.4 Å². The van der Waals surface area contributed by atoms with Gasteiger partial charge in [-0.05, 0) is 164 Å². The van der Waals surface area contributed by atoms with Crippen molar-refractivity contribution >= 4 is 72.2 Å². The van der Waals surface area contributed by atoms with Gasteiger partial charge in [-0.1, -0.05) is 18.2 Å². The number of nitrogens with one attached hydrogen (secondary N) is 3. The molecular weight excluding hydrogens is 1180 g/mol. The second-order valence-corrected chi connectivity index (χ2v) is 28.8. The molecule has 91 heavy (non-hydrogen) atoms. The molecule has 4 N–H and O–H groups in total. The number of furan rings is 1. The molecule has 2 saturated carbocycles. The number of morpholine rings is 1. The van der Waals surface area contributed by atoms with E-state index in [1.165, 1.54) is 17.7 Å². The lowest BCUT2D eigenvalue weighted by molar-refractivity contribution is -0.384. The van der Waals surface area contributed by atoms with E-state index in [0.717, 1.165) is 129 Å². The predicted octanol–water partition coefficient (Wildman–Crippen LogP) is 10.4. The number of para-hydroxylation sites is 1. The standard InChI is InChI=1S/C68H83N11O11S/c1-42(2)88-60-9-7-6-8-52(60)59-39-74(38-48-31-47-30-44(4)89-62(47)64(71-48)76-27-29-87-40-43(76)3)25-26-77(59)50-35-68(36-50)20-23-75(24-21-68)49-10-12-53(56(33-49)78-55-17-28-86-41-61(55)90-66-58(78)32-46-16-22-69-63(46)72-66)65(80)73-91(84,85)51-11-13-54(57(34-51)79(82)83)70-37-45-14-18-67(5,81)19-15-45/h6-13,16,22,30-34,42-43,45,50,55,59,61,70,81H,14-15,17-21,23-29,35-41H2,1-5H3,(H,69,72)(H,73,80)/t43-,45-,55+,59-,61+,67-/m1/s1. The van der Waals surface area contributed by atoms with Crippen molar-refractivity contribution < 1.29 is 46.6 Å². The Kier molecular flexibility index (Phi) is 16.4. The lowest BCUT2D eigenvalue weighted by Gasteiger charge is -2.58. The van der Waals surface area contributed by atoms with Gasteiger partial charge in [0.15, 0.2) is 11.4 Å². The molecule has 1 spiro atoms. The van der Waals surface area contributed by atoms with Crippen molar-refractivity contribution in [3.05, 3.63) is 124 Å². The minimum Gasteiger partial charge on any atom is -0.491 e. The first-order valence-electron chi connectivity index (χ1n) is 32.5. The van der Waals surface area contributed by atoms with E-state index < -0.39 is 43.1 Å². The van der Waals surface area contributed by atoms with Gasteiger partial charge in [0.2, 0.25) is 5.88 Å². The zero-order chi connectivity index (χ0) is 62.9. The van der Waals surface area contributed by atoms with Gasteiger partial charge in [0, 0.05) is 99.3 Å². The number of aromatic nitrogens is 3. The normalized spacial score (nSPS) is 24.9. The smallest absolute Gasteiger partial charge is 0.293 e. The van der Waals surface area contributed by atoms with Crippen LogP contribution in [0.2, 0.25) is 0 Å². The molecular formula is C68H83N11O11S. The maximum absolute atomic E-state index is 14.9. The van der Waals surface area contributed by atoms with Crippen LogP contribution in [0.4, 0.5) is 34.3 Å². The number of ether oxygens (including phenoxy) is 4. The van der Waals surface area contributed by atoms with Gasteiger partial charge in [0.05, 0.1) is 76.4 Å². The molecule has 2 aliphatic carbocycles. The Hall–Kier alpha value is -7.54. The number of nitro benzene ring substituents is 1. The van der Waals surface area contributed by atoms with Crippen molar-refractivity contribution in [3.63, 3.8) is 0 Å². The van der Waals surface area contributed by atoms with E-state index in [1.807, 2.05) is 44.3 Å². The summed E-state index contributed by atoms with van der Waals surface area (Å²) in [4.78, 5) is 51.9. The third-order valence-electron chi connectivity index (χ3n) is 20.4. The minimum absolute atomic E-state index is 0.0159. The number of pyridine rings is 2. The molecule has 0 radical (unpaired) electrons. The summed E-state index contributed by atoms with van der Waals surface area (Å²) in [6, 6.07) is 26.4. The molecule has 7 aliphatic rings. The highest BCUT2D eigenvalue weighted by Gasteiger charge is 2.51. The Morgan fingerprint density at radius 3 is 2.49 bits per heavy atom. The first-order chi connectivity index (χ1) is 43.8. The fourth-order valence-electron chi connectivity index (χ4n) is 15.4. The monoisotopic (exact) mass is 1260 g/mol. The summed E-state index contributed by atoms with van der Waals surface area (Å²) < 4.78 is 62.2. The molecule has 22 nitrogen and oxygen atoms in total. The highest BCUT2D eigenvalue weighted by molar-refractivity contribution is 7.90. The molecule has 4 saturated heterocycles. The van der Waals surface area contributed by atoms with Gasteiger partial charge in [-0.2, -0.15) is 4.98 Å². The van der Waals surface area contributed by atoms with E-state index in [-0.39, 0.29) is 53.4 Å². The number of amides is 1. The maximum Gasteiger partial charge on any atom is 0.293 e. The number of aliphatic hydroxyl groups is 1. The van der Waals surface area contributed by atoms with Crippen molar-refractivity contribution in [1.82, 2.24) is 29.5 Å². The predicted molar refractivity (Wildman–Crippen MR) is 347 cm³/mol. The third-order valence-corrected chi connectivity index (χ3v) is 21.7. The van der Waals surface area contributed by atoms with E-state index in [1.54, 1.807) is 6.07 Å². The Balaban J connectivity index is 0.715. The number of piperazine rings is 1. The highest BCUT2D eigenvalue weighted by Crippen LogP contribution is 2.54. The summed E-state index contributed by atoms with van der Waals surface area (Å²) in [6.45, 7) is 18.3. The van der Waals surface area contributed by atoms with Crippen LogP contribution in [-0.2, 0) is 26.0 Å². The first-order valence-corrected chi connectivity index (χ1v) is 34.0. The maximum atomic E-state index is 14.9. The van der Waals surface area contributed by atoms with Gasteiger partial charge in [0.25, 0.3) is 21.6 Å². The van der Waals surface area contributed by atoms with E-state index >= 15 is 0 Å². The van der Waals surface area contributed by atoms with Crippen LogP contribution in [0.5, 0.6) is 11.6 Å². The fraction of sp³-hybridized carbons (Fsp3) is 0.515. The largest absolute Gasteiger partial charge is 0.491 e. The van der Waals surface area contributed by atoms with Crippen LogP contribution >= 0.6 is 0 Å². The van der Waals surface area contributed by atoms with Gasteiger partial charge in [-0.25, -0.2) is 18.1 Å². The summed E-state index contributed by atoms with van der Waals surface area (Å²) in [7, 11) is -4.66. The molecule has 0 unspecified atom stereocenters. The molecule has 482 valence electrons. The molecule has 4 atom stereocenters. The van der Waals surface area contributed by atoms with Crippen molar-refractivity contribution in [3.8, 4) is 11.6 Å². The van der Waals surface area contributed by atoms with Gasteiger partial charge in [0.1, 0.15) is 34.6 Å². The Bertz CT molecular complexity index is 3980. The summed E-state index contributed by atoms with van der Waals surface area (Å²) in [5.41, 5.74) is 4.96. The van der Waals surface area contributed by atoms with E-state index in [2.05, 4.69) is 96.7 Å². The molecule has 14 rings (SSSR count). The van der Waals surface area contributed by atoms with Crippen molar-refractivity contribution in [2.24, 2.45) is 11.3 Å². The number of benzene rings is 3. The van der Waals surface area contributed by atoms with Gasteiger partial charge < -0.3 is 53.5 Å². The van der Waals surface area contributed by atoms with Gasteiger partial charge in [-0.15, -0.1) is 0 Å². The molecule has 3 aromatic carbocycles. The van der Waals surface area contributed by atoms with E-state index in [9.17, 15) is 28.4 Å². The third kappa shape index (κ3) is 12.3. The van der Waals surface area contributed by atoms with Crippen LogP contribution in [0.1, 0.15) is 119 Å². The average molecular weight is 1260 g/mol. The number of sulfonamides is 1. The van der Waals surface area contributed by atoms with Crippen LogP contribution in [0.3, 0.4) is 0 Å². The van der Waals surface area contributed by atoms with Crippen LogP contribution in [0.15, 0.2) is 100 Å². The summed E-state index contributed by atoms with van der Waals surface area (Å²) in [5, 5.41) is 28.0. The molecule has 5 aliphatic heterocycles. The lowest BCUT2D eigenvalue weighted by Crippen LogP contribution is -2.59. The number of aryl methyl sites for hydroxylation is 1. The molecule has 23 heteroatoms. The van der Waals surface area contributed by atoms with Crippen molar-refractivity contribution in [1.29, 1.82) is 0 Å². The zero-order valence-electron chi connectivity index (χ0n) is 52.6. The average Bonchev–Trinajstić information content (AvgIpc) is 1.12. The second-order valence-electron chi connectivity index (χ2n) is 27.2. The fourth-order valence-corrected chi connectivity index (χ4v) is 16.4. The molecule has 0 bridgehead atoms. The molecule has 6 fully saturated rings. The Morgan fingerprint density at radius 2 is 1.70 bits per heavy atom. The quantitative estimate of drug-likeness (QED) is 0.0519. The Morgan fingerprint density at radius 1 is 0.901 bits per heavy atom. The number of nitro groups is 1. The number of aromatic amines is 1. The Labute approximate surface area is 530 Å². The first kappa shape index (κ1) is 61.0. The molecule has 1 amide bonds. The molecule has 9 heterocycles. The number of nitrogens with zero attached hydrogens (tertiary/aromatic N) is 8. The van der Waals surface area contributed by atoms with E-state index in [0.29, 0.717) is 81.1 Å². The number of rotatable bonds is 16. The highest BCUT2D eigenvalue weighted by atomic mass is 32.2. The molecule has 4 aromatic heterocycles.